The van der Waals surface area contributed by atoms with Crippen molar-refractivity contribution in [3.63, 3.8) is 0 Å². The third-order valence-corrected chi connectivity index (χ3v) is 5.08. The van der Waals surface area contributed by atoms with E-state index in [9.17, 15) is 9.59 Å². The second kappa shape index (κ2) is 13.9. The van der Waals surface area contributed by atoms with Crippen LogP contribution in [0.25, 0.3) is 0 Å². The summed E-state index contributed by atoms with van der Waals surface area (Å²) in [5.41, 5.74) is 4.93. The Morgan fingerprint density at radius 2 is 1.24 bits per heavy atom. The van der Waals surface area contributed by atoms with E-state index in [4.69, 9.17) is 9.84 Å². The number of nitrogens with zero attached hydrogens (tertiary/aromatic N) is 4. The highest BCUT2D eigenvalue weighted by molar-refractivity contribution is 5.88. The van der Waals surface area contributed by atoms with Crippen molar-refractivity contribution in [2.75, 3.05) is 6.61 Å². The lowest BCUT2D eigenvalue weighted by molar-refractivity contribution is 0.0525. The van der Waals surface area contributed by atoms with E-state index in [1.54, 1.807) is 17.8 Å². The molecule has 192 valence electrons. The maximum absolute atomic E-state index is 11.5. The lowest BCUT2D eigenvalue weighted by Gasteiger charge is -1.96. The molecule has 0 aliphatic carbocycles. The molecule has 0 fully saturated rings. The standard InChI is InChI=1S/C16H16N2O2.C14H12N2O2/c1-3-20-16(19)15-11-17-18(12-15)10-4-5-14-8-6-13(2)7-9-14;1-11-4-6-12(7-5-11)3-2-8-16-10-13(9-15-16)14(17)18/h6-9,11-12H,3,10H2,1-2H3;4-7,9-10H,8H2,1H3,(H,17,18). The van der Waals surface area contributed by atoms with Crippen LogP contribution in [0.3, 0.4) is 0 Å². The van der Waals surface area contributed by atoms with Crippen molar-refractivity contribution in [2.45, 2.75) is 33.9 Å². The van der Waals surface area contributed by atoms with Gasteiger partial charge in [0.25, 0.3) is 0 Å². The van der Waals surface area contributed by atoms with Crippen molar-refractivity contribution in [1.82, 2.24) is 19.6 Å². The molecule has 0 bridgehead atoms. The highest BCUT2D eigenvalue weighted by atomic mass is 16.5. The lowest BCUT2D eigenvalue weighted by Crippen LogP contribution is -2.03. The average molecular weight is 509 g/mol. The van der Waals surface area contributed by atoms with E-state index in [2.05, 4.69) is 33.9 Å². The van der Waals surface area contributed by atoms with E-state index in [0.29, 0.717) is 25.3 Å². The molecule has 8 nitrogen and oxygen atoms in total. The van der Waals surface area contributed by atoms with Crippen LogP contribution in [0, 0.1) is 37.5 Å². The normalized spacial score (nSPS) is 9.66. The summed E-state index contributed by atoms with van der Waals surface area (Å²) in [6.45, 7) is 7.01. The summed E-state index contributed by atoms with van der Waals surface area (Å²) in [6.07, 6.45) is 5.91. The Hall–Kier alpha value is -5.08. The van der Waals surface area contributed by atoms with Crippen LogP contribution in [0.2, 0.25) is 0 Å². The topological polar surface area (TPSA) is 99.2 Å². The molecular weight excluding hydrogens is 480 g/mol. The summed E-state index contributed by atoms with van der Waals surface area (Å²) in [4.78, 5) is 22.1. The van der Waals surface area contributed by atoms with Crippen molar-refractivity contribution >= 4 is 11.9 Å². The van der Waals surface area contributed by atoms with Gasteiger partial charge in [-0.1, -0.05) is 59.1 Å². The van der Waals surface area contributed by atoms with Crippen LogP contribution in [0.5, 0.6) is 0 Å². The number of ether oxygens (including phenoxy) is 1. The fraction of sp³-hybridized carbons (Fsp3) is 0.200. The van der Waals surface area contributed by atoms with Crippen molar-refractivity contribution < 1.29 is 19.4 Å². The molecule has 0 saturated carbocycles. The Morgan fingerprint density at radius 1 is 0.789 bits per heavy atom. The Kier molecular flexibility index (Phi) is 10.0. The summed E-state index contributed by atoms with van der Waals surface area (Å²) in [5, 5.41) is 16.7. The van der Waals surface area contributed by atoms with Crippen molar-refractivity contribution in [1.29, 1.82) is 0 Å². The van der Waals surface area contributed by atoms with Gasteiger partial charge in [0.15, 0.2) is 0 Å². The number of benzene rings is 2. The number of hydrogen-bond acceptors (Lipinski definition) is 5. The largest absolute Gasteiger partial charge is 0.478 e. The predicted octanol–water partition coefficient (Wildman–Crippen LogP) is 4.36. The number of aromatic carboxylic acids is 1. The van der Waals surface area contributed by atoms with Crippen LogP contribution in [0.15, 0.2) is 73.3 Å². The molecule has 0 aliphatic rings. The molecule has 0 aliphatic heterocycles. The van der Waals surface area contributed by atoms with Gasteiger partial charge in [-0.05, 0) is 45.0 Å². The maximum Gasteiger partial charge on any atom is 0.341 e. The van der Waals surface area contributed by atoms with Gasteiger partial charge in [-0.2, -0.15) is 10.2 Å². The molecular formula is C30H28N4O4. The first-order valence-corrected chi connectivity index (χ1v) is 11.9. The molecule has 0 radical (unpaired) electrons. The molecule has 4 aromatic rings. The molecule has 0 unspecified atom stereocenters. The summed E-state index contributed by atoms with van der Waals surface area (Å²) < 4.78 is 8.02. The smallest absolute Gasteiger partial charge is 0.341 e. The molecule has 8 heteroatoms. The van der Waals surface area contributed by atoms with Crippen LogP contribution in [-0.4, -0.2) is 43.2 Å². The number of rotatable bonds is 5. The molecule has 4 rings (SSSR count). The van der Waals surface area contributed by atoms with Gasteiger partial charge >= 0.3 is 11.9 Å². The van der Waals surface area contributed by atoms with Crippen molar-refractivity contribution in [3.05, 3.63) is 107 Å². The summed E-state index contributed by atoms with van der Waals surface area (Å²) in [5.74, 6) is 10.7. The number of esters is 1. The highest BCUT2D eigenvalue weighted by Gasteiger charge is 2.08. The Bertz CT molecular complexity index is 1490. The lowest BCUT2D eigenvalue weighted by atomic mass is 10.2. The number of carboxylic acids is 1. The molecule has 0 spiro atoms. The predicted molar refractivity (Wildman–Crippen MR) is 143 cm³/mol. The van der Waals surface area contributed by atoms with Gasteiger partial charge in [0, 0.05) is 23.5 Å². The third kappa shape index (κ3) is 8.85. The van der Waals surface area contributed by atoms with E-state index in [1.165, 1.54) is 34.4 Å². The van der Waals surface area contributed by atoms with Crippen LogP contribution in [0.1, 0.15) is 49.9 Å². The number of carbonyl (C=O) groups excluding carboxylic acids is 1. The zero-order valence-electron chi connectivity index (χ0n) is 21.5. The van der Waals surface area contributed by atoms with Crippen LogP contribution in [-0.2, 0) is 17.8 Å². The Morgan fingerprint density at radius 3 is 1.66 bits per heavy atom. The van der Waals surface area contributed by atoms with Gasteiger partial charge in [0.1, 0.15) is 13.1 Å². The van der Waals surface area contributed by atoms with E-state index in [1.807, 2.05) is 62.4 Å². The second-order valence-electron chi connectivity index (χ2n) is 8.21. The van der Waals surface area contributed by atoms with Gasteiger partial charge < -0.3 is 9.84 Å². The fourth-order valence-corrected chi connectivity index (χ4v) is 3.05. The molecule has 2 aromatic heterocycles. The zero-order valence-corrected chi connectivity index (χ0v) is 21.5. The van der Waals surface area contributed by atoms with Crippen molar-refractivity contribution in [2.24, 2.45) is 0 Å². The average Bonchev–Trinajstić information content (AvgIpc) is 3.57. The van der Waals surface area contributed by atoms with E-state index >= 15 is 0 Å². The molecule has 1 N–H and O–H groups in total. The summed E-state index contributed by atoms with van der Waals surface area (Å²) >= 11 is 0. The monoisotopic (exact) mass is 508 g/mol. The van der Waals surface area contributed by atoms with Gasteiger partial charge in [-0.25, -0.2) is 9.59 Å². The van der Waals surface area contributed by atoms with E-state index in [0.717, 1.165) is 11.1 Å². The quantitative estimate of drug-likeness (QED) is 0.318. The molecule has 38 heavy (non-hydrogen) atoms. The minimum Gasteiger partial charge on any atom is -0.478 e. The molecule has 0 amide bonds. The van der Waals surface area contributed by atoms with Crippen LogP contribution >= 0.6 is 0 Å². The van der Waals surface area contributed by atoms with E-state index in [-0.39, 0.29) is 11.5 Å². The minimum absolute atomic E-state index is 0.173. The maximum atomic E-state index is 11.5. The van der Waals surface area contributed by atoms with E-state index < -0.39 is 5.97 Å². The third-order valence-electron chi connectivity index (χ3n) is 5.08. The second-order valence-corrected chi connectivity index (χ2v) is 8.21. The molecule has 0 atom stereocenters. The first kappa shape index (κ1) is 27.5. The number of carboxylic acid groups (broad SMARTS) is 1. The Labute approximate surface area is 221 Å². The highest BCUT2D eigenvalue weighted by Crippen LogP contribution is 2.03. The first-order chi connectivity index (χ1) is 18.3. The molecule has 2 aromatic carbocycles. The van der Waals surface area contributed by atoms with Gasteiger partial charge in [0.2, 0.25) is 0 Å². The fourth-order valence-electron chi connectivity index (χ4n) is 3.05. The number of aryl methyl sites for hydroxylation is 2. The number of hydrogen-bond donors (Lipinski definition) is 1. The summed E-state index contributed by atoms with van der Waals surface area (Å²) in [6, 6.07) is 15.9. The van der Waals surface area contributed by atoms with Crippen LogP contribution in [0.4, 0.5) is 0 Å². The zero-order chi connectivity index (χ0) is 27.3. The Balaban J connectivity index is 0.000000212. The molecule has 2 heterocycles. The van der Waals surface area contributed by atoms with Gasteiger partial charge in [-0.15, -0.1) is 0 Å². The minimum atomic E-state index is -0.979. The first-order valence-electron chi connectivity index (χ1n) is 11.9. The van der Waals surface area contributed by atoms with Gasteiger partial charge in [-0.3, -0.25) is 9.36 Å². The van der Waals surface area contributed by atoms with Crippen molar-refractivity contribution in [3.8, 4) is 23.7 Å². The number of carbonyl (C=O) groups is 2. The van der Waals surface area contributed by atoms with Gasteiger partial charge in [0.05, 0.1) is 30.1 Å². The number of aromatic nitrogens is 4. The summed E-state index contributed by atoms with van der Waals surface area (Å²) in [7, 11) is 0. The molecule has 0 saturated heterocycles. The van der Waals surface area contributed by atoms with Crippen LogP contribution < -0.4 is 0 Å². The SMILES string of the molecule is CCOC(=O)c1cnn(CC#Cc2ccc(C)cc2)c1.Cc1ccc(C#CCn2cc(C(=O)O)cn2)cc1.